The second-order valence-electron chi connectivity index (χ2n) is 3.62. The third kappa shape index (κ3) is 1.54. The van der Waals surface area contributed by atoms with E-state index in [4.69, 9.17) is 0 Å². The molecule has 1 heterocycles. The molecule has 0 amide bonds. The van der Waals surface area contributed by atoms with Crippen molar-refractivity contribution in [1.29, 1.82) is 0 Å². The van der Waals surface area contributed by atoms with Crippen LogP contribution >= 0.6 is 0 Å². The maximum Gasteiger partial charge on any atom is 0.429 e. The van der Waals surface area contributed by atoms with E-state index in [1.54, 1.807) is 0 Å². The van der Waals surface area contributed by atoms with Gasteiger partial charge in [-0.25, -0.2) is 0 Å². The predicted molar refractivity (Wildman–Crippen MR) is 48.1 cm³/mol. The molecule has 0 atom stereocenters. The molecule has 1 aliphatic heterocycles. The highest BCUT2D eigenvalue weighted by Gasteiger charge is 2.75. The highest BCUT2D eigenvalue weighted by molar-refractivity contribution is 6.49. The lowest BCUT2D eigenvalue weighted by Crippen LogP contribution is -2.54. The molecule has 1 aromatic rings. The largest absolute Gasteiger partial charge is 0.429 e. The molecule has 1 nitrogen and oxygen atoms in total. The van der Waals surface area contributed by atoms with Gasteiger partial charge in [0.25, 0.3) is 5.60 Å². The fourth-order valence-corrected chi connectivity index (χ4v) is 1.88. The zero-order valence-corrected chi connectivity index (χ0v) is 8.19. The second kappa shape index (κ2) is 3.41. The van der Waals surface area contributed by atoms with Crippen LogP contribution in [0.3, 0.4) is 0 Å². The van der Waals surface area contributed by atoms with E-state index in [0.717, 1.165) is 12.1 Å². The molecule has 92 valence electrons. The molecule has 0 aliphatic carbocycles. The molecule has 0 unspecified atom stereocenters. The summed E-state index contributed by atoms with van der Waals surface area (Å²) in [4.78, 5) is 0. The van der Waals surface area contributed by atoms with Gasteiger partial charge in [0.15, 0.2) is 0 Å². The Morgan fingerprint density at radius 2 is 1.47 bits per heavy atom. The third-order valence-corrected chi connectivity index (χ3v) is 2.64. The van der Waals surface area contributed by atoms with Crippen LogP contribution in [0.15, 0.2) is 24.3 Å². The van der Waals surface area contributed by atoms with Crippen molar-refractivity contribution in [3.05, 3.63) is 29.8 Å². The summed E-state index contributed by atoms with van der Waals surface area (Å²) in [6.45, 7) is 0. The maximum absolute atomic E-state index is 12.7. The number of alkyl halides is 6. The van der Waals surface area contributed by atoms with Gasteiger partial charge in [-0.3, -0.25) is 0 Å². The fourth-order valence-electron chi connectivity index (χ4n) is 1.88. The summed E-state index contributed by atoms with van der Waals surface area (Å²) in [7, 11) is -0.699. The van der Waals surface area contributed by atoms with Gasteiger partial charge in [-0.2, -0.15) is 26.3 Å². The molecular weight excluding hydrogens is 249 g/mol. The lowest BCUT2D eigenvalue weighted by atomic mass is 9.83. The van der Waals surface area contributed by atoms with Crippen LogP contribution in [0.2, 0.25) is 0 Å². The molecule has 2 rings (SSSR count). The predicted octanol–water partition coefficient (Wildman–Crippen LogP) is 2.01. The van der Waals surface area contributed by atoms with Crippen LogP contribution in [-0.4, -0.2) is 19.8 Å². The monoisotopic (exact) mass is 254 g/mol. The molecule has 8 heteroatoms. The molecule has 0 radical (unpaired) electrons. The Hall–Kier alpha value is -1.18. The van der Waals surface area contributed by atoms with Gasteiger partial charge >= 0.3 is 19.8 Å². The van der Waals surface area contributed by atoms with Crippen LogP contribution in [0, 0.1) is 0 Å². The average Bonchev–Trinajstić information content (AvgIpc) is 2.55. The third-order valence-electron chi connectivity index (χ3n) is 2.64. The van der Waals surface area contributed by atoms with Gasteiger partial charge in [0, 0.05) is 0 Å². The van der Waals surface area contributed by atoms with E-state index < -0.39 is 31.0 Å². The molecule has 0 N–H and O–H groups in total. The van der Waals surface area contributed by atoms with Crippen molar-refractivity contribution in [3.63, 3.8) is 0 Å². The number of hydrogen-bond donors (Lipinski definition) is 0. The van der Waals surface area contributed by atoms with Gasteiger partial charge in [-0.15, -0.1) is 0 Å². The Labute approximate surface area is 92.6 Å². The van der Waals surface area contributed by atoms with Crippen LogP contribution in [-0.2, 0) is 10.3 Å². The minimum absolute atomic E-state index is 0.0952. The van der Waals surface area contributed by atoms with Crippen LogP contribution in [0.1, 0.15) is 5.56 Å². The smallest absolute Gasteiger partial charge is 0.412 e. The molecule has 0 saturated carbocycles. The number of hydrogen-bond acceptors (Lipinski definition) is 1. The topological polar surface area (TPSA) is 9.23 Å². The van der Waals surface area contributed by atoms with Gasteiger partial charge in [0.05, 0.1) is 0 Å². The molecule has 0 spiro atoms. The van der Waals surface area contributed by atoms with E-state index >= 15 is 0 Å². The number of benzene rings is 1. The lowest BCUT2D eigenvalue weighted by Gasteiger charge is -2.34. The van der Waals surface area contributed by atoms with Gasteiger partial charge < -0.3 is 4.65 Å². The van der Waals surface area contributed by atoms with Gasteiger partial charge in [-0.1, -0.05) is 24.3 Å². The summed E-state index contributed by atoms with van der Waals surface area (Å²) in [6, 6.07) is 4.47. The van der Waals surface area contributed by atoms with E-state index in [9.17, 15) is 26.3 Å². The van der Waals surface area contributed by atoms with E-state index in [0.29, 0.717) is 0 Å². The summed E-state index contributed by atoms with van der Waals surface area (Å²) in [5.74, 6) is 0. The maximum atomic E-state index is 12.7. The van der Waals surface area contributed by atoms with Crippen molar-refractivity contribution in [2.24, 2.45) is 0 Å². The zero-order valence-electron chi connectivity index (χ0n) is 8.19. The van der Waals surface area contributed by atoms with Crippen molar-refractivity contribution in [3.8, 4) is 0 Å². The molecule has 0 saturated heterocycles. The first-order valence-electron chi connectivity index (χ1n) is 4.56. The SMILES string of the molecule is FC(F)(F)C1(C(F)(F)F)OBc2ccccc21. The first-order valence-corrected chi connectivity index (χ1v) is 4.56. The van der Waals surface area contributed by atoms with E-state index in [1.807, 2.05) is 0 Å². The molecule has 1 aromatic carbocycles. The second-order valence-corrected chi connectivity index (χ2v) is 3.62. The number of rotatable bonds is 0. The number of halogens is 6. The zero-order chi connectivity index (χ0) is 12.9. The first kappa shape index (κ1) is 12.3. The summed E-state index contributed by atoms with van der Waals surface area (Å²) in [5, 5.41) is 0. The quantitative estimate of drug-likeness (QED) is 0.508. The van der Waals surface area contributed by atoms with Gasteiger partial charge in [-0.05, 0) is 11.0 Å². The van der Waals surface area contributed by atoms with Crippen LogP contribution in [0.4, 0.5) is 26.3 Å². The van der Waals surface area contributed by atoms with Crippen molar-refractivity contribution >= 4 is 12.9 Å². The Kier molecular flexibility index (Phi) is 2.46. The Bertz CT molecular complexity index is 424. The lowest BCUT2D eigenvalue weighted by molar-refractivity contribution is -0.363. The van der Waals surface area contributed by atoms with Crippen molar-refractivity contribution < 1.29 is 31.0 Å². The molecular formula is C9H5BF6O. The van der Waals surface area contributed by atoms with Crippen LogP contribution < -0.4 is 5.46 Å². The Balaban J connectivity index is 2.68. The normalized spacial score (nSPS) is 18.7. The fraction of sp³-hybridized carbons (Fsp3) is 0.333. The summed E-state index contributed by atoms with van der Waals surface area (Å²) in [6.07, 6.45) is -11.1. The van der Waals surface area contributed by atoms with Gasteiger partial charge in [0.2, 0.25) is 0 Å². The number of fused-ring (bicyclic) bond motifs is 1. The molecule has 0 aromatic heterocycles. The van der Waals surface area contributed by atoms with Crippen molar-refractivity contribution in [2.45, 2.75) is 18.0 Å². The van der Waals surface area contributed by atoms with Crippen LogP contribution in [0.5, 0.6) is 0 Å². The summed E-state index contributed by atoms with van der Waals surface area (Å²) in [5.41, 5.74) is -5.17. The van der Waals surface area contributed by atoms with Crippen LogP contribution in [0.25, 0.3) is 0 Å². The summed E-state index contributed by atoms with van der Waals surface area (Å²) >= 11 is 0. The molecule has 0 fully saturated rings. The van der Waals surface area contributed by atoms with E-state index in [-0.39, 0.29) is 5.46 Å². The average molecular weight is 254 g/mol. The van der Waals surface area contributed by atoms with Gasteiger partial charge in [0.1, 0.15) is 0 Å². The minimum Gasteiger partial charge on any atom is -0.412 e. The van der Waals surface area contributed by atoms with E-state index in [1.165, 1.54) is 12.1 Å². The molecule has 0 bridgehead atoms. The molecule has 17 heavy (non-hydrogen) atoms. The Morgan fingerprint density at radius 1 is 0.941 bits per heavy atom. The highest BCUT2D eigenvalue weighted by Crippen LogP contribution is 2.53. The van der Waals surface area contributed by atoms with Crippen molar-refractivity contribution in [1.82, 2.24) is 0 Å². The summed E-state index contributed by atoms with van der Waals surface area (Å²) < 4.78 is 80.6. The Morgan fingerprint density at radius 3 is 2.00 bits per heavy atom. The standard InChI is InChI=1S/C9H5BF6O/c11-8(12,13)7(9(14,15)16)5-3-1-2-4-6(5)10-17-7/h1-4,10H. The first-order chi connectivity index (χ1) is 7.70. The molecule has 1 aliphatic rings. The van der Waals surface area contributed by atoms with Crippen molar-refractivity contribution in [2.75, 3.05) is 0 Å². The van der Waals surface area contributed by atoms with E-state index in [2.05, 4.69) is 4.65 Å². The highest BCUT2D eigenvalue weighted by atomic mass is 19.4. The minimum atomic E-state index is -5.54.